The van der Waals surface area contributed by atoms with Crippen molar-refractivity contribution in [2.75, 3.05) is 19.1 Å². The second-order valence-electron chi connectivity index (χ2n) is 3.90. The molecule has 5 heteroatoms. The molecule has 1 aromatic carbocycles. The zero-order chi connectivity index (χ0) is 13.8. The molecule has 0 saturated carbocycles. The molecule has 2 aromatic rings. The summed E-state index contributed by atoms with van der Waals surface area (Å²) >= 11 is 3.38. The minimum atomic E-state index is -0.149. The zero-order valence-corrected chi connectivity index (χ0v) is 12.2. The first-order valence-corrected chi connectivity index (χ1v) is 6.45. The van der Waals surface area contributed by atoms with E-state index in [-0.39, 0.29) is 5.91 Å². The van der Waals surface area contributed by atoms with Gasteiger partial charge in [-0.25, -0.2) is 4.98 Å². The average molecular weight is 321 g/mol. The summed E-state index contributed by atoms with van der Waals surface area (Å²) in [5.41, 5.74) is 0.535. The van der Waals surface area contributed by atoms with Crippen LogP contribution in [0.25, 0.3) is 0 Å². The number of amides is 1. The van der Waals surface area contributed by atoms with E-state index in [2.05, 4.69) is 20.9 Å². The van der Waals surface area contributed by atoms with Crippen LogP contribution in [0.15, 0.2) is 47.1 Å². The van der Waals surface area contributed by atoms with E-state index in [9.17, 15) is 4.79 Å². The summed E-state index contributed by atoms with van der Waals surface area (Å²) in [5, 5.41) is 0. The summed E-state index contributed by atoms with van der Waals surface area (Å²) in [5.74, 6) is 1.09. The molecule has 2 rings (SSSR count). The number of nitrogens with zero attached hydrogens (tertiary/aromatic N) is 2. The van der Waals surface area contributed by atoms with Gasteiger partial charge in [0.25, 0.3) is 5.91 Å². The largest absolute Gasteiger partial charge is 0.497 e. The maximum atomic E-state index is 12.4. The number of carbonyl (C=O) groups is 1. The molecule has 0 fully saturated rings. The number of anilines is 1. The van der Waals surface area contributed by atoms with Crippen LogP contribution in [0, 0.1) is 0 Å². The van der Waals surface area contributed by atoms with E-state index in [0.717, 1.165) is 4.47 Å². The van der Waals surface area contributed by atoms with Crippen molar-refractivity contribution in [1.29, 1.82) is 0 Å². The van der Waals surface area contributed by atoms with Crippen molar-refractivity contribution in [3.8, 4) is 5.75 Å². The van der Waals surface area contributed by atoms with Crippen LogP contribution in [0.3, 0.4) is 0 Å². The molecule has 0 aliphatic carbocycles. The van der Waals surface area contributed by atoms with Gasteiger partial charge in [0.05, 0.1) is 12.7 Å². The minimum Gasteiger partial charge on any atom is -0.497 e. The number of carbonyl (C=O) groups excluding carboxylic acids is 1. The van der Waals surface area contributed by atoms with Gasteiger partial charge in [-0.05, 0) is 46.3 Å². The normalized spacial score (nSPS) is 10.1. The molecule has 19 heavy (non-hydrogen) atoms. The lowest BCUT2D eigenvalue weighted by atomic mass is 10.2. The molecule has 0 aliphatic heterocycles. The monoisotopic (exact) mass is 320 g/mol. The summed E-state index contributed by atoms with van der Waals surface area (Å²) in [6.07, 6.45) is 1.65. The van der Waals surface area contributed by atoms with Gasteiger partial charge in [0.1, 0.15) is 11.6 Å². The predicted octanol–water partition coefficient (Wildman–Crippen LogP) is 3.13. The summed E-state index contributed by atoms with van der Waals surface area (Å²) in [6.45, 7) is 0. The van der Waals surface area contributed by atoms with Crippen molar-refractivity contribution in [3.63, 3.8) is 0 Å². The highest BCUT2D eigenvalue weighted by molar-refractivity contribution is 9.10. The zero-order valence-electron chi connectivity index (χ0n) is 10.6. The first kappa shape index (κ1) is 13.5. The molecule has 0 aliphatic rings. The molecular weight excluding hydrogens is 308 g/mol. The van der Waals surface area contributed by atoms with Gasteiger partial charge in [-0.15, -0.1) is 0 Å². The van der Waals surface area contributed by atoms with Gasteiger partial charge in [-0.1, -0.05) is 6.07 Å². The van der Waals surface area contributed by atoms with Gasteiger partial charge in [0.15, 0.2) is 0 Å². The highest BCUT2D eigenvalue weighted by Gasteiger charge is 2.17. The van der Waals surface area contributed by atoms with Gasteiger partial charge in [0.2, 0.25) is 0 Å². The lowest BCUT2D eigenvalue weighted by molar-refractivity contribution is 0.0991. The third kappa shape index (κ3) is 2.93. The van der Waals surface area contributed by atoms with Crippen LogP contribution < -0.4 is 9.64 Å². The van der Waals surface area contributed by atoms with Crippen molar-refractivity contribution < 1.29 is 9.53 Å². The summed E-state index contributed by atoms with van der Waals surface area (Å²) in [7, 11) is 3.26. The van der Waals surface area contributed by atoms with Gasteiger partial charge in [0, 0.05) is 17.7 Å². The third-order valence-electron chi connectivity index (χ3n) is 2.70. The van der Waals surface area contributed by atoms with Crippen LogP contribution in [-0.2, 0) is 0 Å². The predicted molar refractivity (Wildman–Crippen MR) is 77.7 cm³/mol. The molecule has 0 radical (unpaired) electrons. The van der Waals surface area contributed by atoms with Gasteiger partial charge < -0.3 is 4.74 Å². The van der Waals surface area contributed by atoms with Gasteiger partial charge >= 0.3 is 0 Å². The Morgan fingerprint density at radius 1 is 1.32 bits per heavy atom. The molecule has 98 valence electrons. The Bertz CT molecular complexity index is 587. The maximum Gasteiger partial charge on any atom is 0.260 e. The van der Waals surface area contributed by atoms with Gasteiger partial charge in [-0.2, -0.15) is 0 Å². The molecule has 0 bridgehead atoms. The van der Waals surface area contributed by atoms with Crippen molar-refractivity contribution in [2.24, 2.45) is 0 Å². The van der Waals surface area contributed by atoms with E-state index in [0.29, 0.717) is 17.1 Å². The molecule has 1 aromatic heterocycles. The van der Waals surface area contributed by atoms with Crippen molar-refractivity contribution in [3.05, 3.63) is 52.6 Å². The Kier molecular flexibility index (Phi) is 4.16. The lowest BCUT2D eigenvalue weighted by Gasteiger charge is -2.17. The standard InChI is InChI=1S/C14H13BrN2O2/c1-17(13-5-3-4-8-16-13)14(18)11-9-10(19-2)6-7-12(11)15/h3-9H,1-2H3. The van der Waals surface area contributed by atoms with E-state index in [4.69, 9.17) is 4.74 Å². The van der Waals surface area contributed by atoms with Crippen molar-refractivity contribution >= 4 is 27.7 Å². The molecule has 0 unspecified atom stereocenters. The van der Waals surface area contributed by atoms with Crippen LogP contribution in [0.4, 0.5) is 5.82 Å². The van der Waals surface area contributed by atoms with Crippen molar-refractivity contribution in [2.45, 2.75) is 0 Å². The quantitative estimate of drug-likeness (QED) is 0.872. The first-order valence-electron chi connectivity index (χ1n) is 5.66. The Morgan fingerprint density at radius 2 is 2.11 bits per heavy atom. The number of pyridine rings is 1. The van der Waals surface area contributed by atoms with Crippen LogP contribution in [0.2, 0.25) is 0 Å². The molecule has 0 saturated heterocycles. The number of hydrogen-bond acceptors (Lipinski definition) is 3. The average Bonchev–Trinajstić information content (AvgIpc) is 2.47. The molecule has 0 atom stereocenters. The number of benzene rings is 1. The smallest absolute Gasteiger partial charge is 0.260 e. The number of halogens is 1. The minimum absolute atomic E-state index is 0.149. The summed E-state index contributed by atoms with van der Waals surface area (Å²) in [6, 6.07) is 10.7. The molecule has 1 amide bonds. The summed E-state index contributed by atoms with van der Waals surface area (Å²) < 4.78 is 5.86. The molecule has 0 spiro atoms. The number of aromatic nitrogens is 1. The molecule has 4 nitrogen and oxygen atoms in total. The number of rotatable bonds is 3. The molecular formula is C14H13BrN2O2. The Morgan fingerprint density at radius 3 is 2.74 bits per heavy atom. The van der Waals surface area contributed by atoms with E-state index >= 15 is 0 Å². The van der Waals surface area contributed by atoms with Crippen LogP contribution in [-0.4, -0.2) is 25.0 Å². The number of ether oxygens (including phenoxy) is 1. The lowest BCUT2D eigenvalue weighted by Crippen LogP contribution is -2.27. The Balaban J connectivity index is 2.34. The molecule has 1 heterocycles. The third-order valence-corrected chi connectivity index (χ3v) is 3.39. The van der Waals surface area contributed by atoms with E-state index in [1.807, 2.05) is 12.1 Å². The van der Waals surface area contributed by atoms with Crippen LogP contribution in [0.1, 0.15) is 10.4 Å². The molecule has 0 N–H and O–H groups in total. The highest BCUT2D eigenvalue weighted by atomic mass is 79.9. The second-order valence-corrected chi connectivity index (χ2v) is 4.75. The number of methoxy groups -OCH3 is 1. The number of hydrogen-bond donors (Lipinski definition) is 0. The van der Waals surface area contributed by atoms with Crippen LogP contribution >= 0.6 is 15.9 Å². The van der Waals surface area contributed by atoms with E-state index in [1.54, 1.807) is 44.6 Å². The first-order chi connectivity index (χ1) is 9.13. The van der Waals surface area contributed by atoms with E-state index in [1.165, 1.54) is 4.90 Å². The van der Waals surface area contributed by atoms with Crippen molar-refractivity contribution in [1.82, 2.24) is 4.98 Å². The Hall–Kier alpha value is -1.88. The van der Waals surface area contributed by atoms with Gasteiger partial charge in [-0.3, -0.25) is 9.69 Å². The summed E-state index contributed by atoms with van der Waals surface area (Å²) in [4.78, 5) is 18.1. The highest BCUT2D eigenvalue weighted by Crippen LogP contribution is 2.24. The fraction of sp³-hybridized carbons (Fsp3) is 0.143. The maximum absolute atomic E-state index is 12.4. The van der Waals surface area contributed by atoms with Crippen LogP contribution in [0.5, 0.6) is 5.75 Å². The topological polar surface area (TPSA) is 42.4 Å². The van der Waals surface area contributed by atoms with E-state index < -0.39 is 0 Å². The SMILES string of the molecule is COc1ccc(Br)c(C(=O)N(C)c2ccccn2)c1. The second kappa shape index (κ2) is 5.84. The fourth-order valence-electron chi connectivity index (χ4n) is 1.63. The fourth-order valence-corrected chi connectivity index (χ4v) is 2.05. The Labute approximate surface area is 120 Å².